The van der Waals surface area contributed by atoms with Gasteiger partial charge in [0.1, 0.15) is 35.5 Å². The SMILES string of the molecule is COC1OC1COc1cccc(C2=C3CC(C=CC(N(CCNC(=O)OC(C)(C)C)C(=O)OC(C)(C)C)=N3)CCN=C2)c1. The smallest absolute Gasteiger partial charge is 0.416 e. The van der Waals surface area contributed by atoms with Crippen molar-refractivity contribution >= 4 is 29.8 Å². The molecule has 3 unspecified atom stereocenters. The number of epoxide rings is 1. The molecule has 2 bridgehead atoms. The molecule has 1 fully saturated rings. The van der Waals surface area contributed by atoms with E-state index in [1.807, 2.05) is 57.3 Å². The summed E-state index contributed by atoms with van der Waals surface area (Å²) in [5.41, 5.74) is 1.19. The largest absolute Gasteiger partial charge is 0.491 e. The first-order valence-electron chi connectivity index (χ1n) is 14.7. The number of hydrogen-bond donors (Lipinski definition) is 1. The van der Waals surface area contributed by atoms with Crippen LogP contribution >= 0.6 is 0 Å². The molecular formula is C32H44N4O7. The van der Waals surface area contributed by atoms with E-state index in [-0.39, 0.29) is 31.4 Å². The molecule has 0 saturated carbocycles. The van der Waals surface area contributed by atoms with E-state index in [0.717, 1.165) is 23.3 Å². The van der Waals surface area contributed by atoms with Gasteiger partial charge in [-0.1, -0.05) is 18.2 Å². The van der Waals surface area contributed by atoms with Gasteiger partial charge in [0.05, 0.1) is 5.70 Å². The zero-order chi connectivity index (χ0) is 31.2. The highest BCUT2D eigenvalue weighted by molar-refractivity contribution is 6.12. The molecule has 1 N–H and O–H groups in total. The highest BCUT2D eigenvalue weighted by atomic mass is 16.8. The molecule has 3 atom stereocenters. The Morgan fingerprint density at radius 3 is 2.58 bits per heavy atom. The van der Waals surface area contributed by atoms with Crippen LogP contribution in [0, 0.1) is 5.92 Å². The van der Waals surface area contributed by atoms with Gasteiger partial charge < -0.3 is 29.0 Å². The van der Waals surface area contributed by atoms with Crippen LogP contribution in [0.4, 0.5) is 9.59 Å². The molecule has 0 aromatic heterocycles. The van der Waals surface area contributed by atoms with Crippen molar-refractivity contribution in [2.24, 2.45) is 15.9 Å². The molecule has 1 saturated heterocycles. The van der Waals surface area contributed by atoms with Gasteiger partial charge in [-0.2, -0.15) is 0 Å². The van der Waals surface area contributed by atoms with Crippen LogP contribution in [0.3, 0.4) is 0 Å². The van der Waals surface area contributed by atoms with Gasteiger partial charge in [0.2, 0.25) is 0 Å². The molecule has 0 aliphatic carbocycles. The Hall–Kier alpha value is -3.70. The molecule has 234 valence electrons. The standard InChI is InChI=1S/C32H44N4O7/c1-31(2,3)42-29(37)34-15-16-36(30(38)43-32(4,5)6)27-12-11-21-13-14-33-19-24(25(17-21)35-27)22-9-8-10-23(18-22)40-20-26-28(39-7)41-26/h8-12,18-19,21,26,28H,13-17,20H2,1-7H3,(H,34,37). The maximum Gasteiger partial charge on any atom is 0.416 e. The molecule has 11 heteroatoms. The number of rotatable bonds is 8. The molecule has 3 heterocycles. The molecule has 11 nitrogen and oxygen atoms in total. The average Bonchev–Trinajstić information content (AvgIpc) is 3.69. The summed E-state index contributed by atoms with van der Waals surface area (Å²) in [5.74, 6) is 1.30. The predicted molar refractivity (Wildman–Crippen MR) is 164 cm³/mol. The number of nitrogens with one attached hydrogen (secondary N) is 1. The lowest BCUT2D eigenvalue weighted by Crippen LogP contribution is -2.45. The van der Waals surface area contributed by atoms with Gasteiger partial charge in [0, 0.05) is 38.5 Å². The van der Waals surface area contributed by atoms with Crippen LogP contribution in [0.5, 0.6) is 5.75 Å². The first-order chi connectivity index (χ1) is 20.3. The molecule has 3 aliphatic heterocycles. The molecule has 43 heavy (non-hydrogen) atoms. The number of hydrogen-bond acceptors (Lipinski definition) is 9. The van der Waals surface area contributed by atoms with Crippen molar-refractivity contribution in [2.75, 3.05) is 33.4 Å². The van der Waals surface area contributed by atoms with Crippen molar-refractivity contribution in [1.29, 1.82) is 0 Å². The number of carbonyl (C=O) groups excluding carboxylic acids is 2. The summed E-state index contributed by atoms with van der Waals surface area (Å²) in [6.45, 7) is 12.1. The molecule has 3 aliphatic rings. The van der Waals surface area contributed by atoms with E-state index in [1.165, 1.54) is 4.90 Å². The molecule has 4 rings (SSSR count). The summed E-state index contributed by atoms with van der Waals surface area (Å²) in [5, 5.41) is 2.73. The van der Waals surface area contributed by atoms with Crippen molar-refractivity contribution < 1.29 is 33.3 Å². The summed E-state index contributed by atoms with van der Waals surface area (Å²) in [4.78, 5) is 36.9. The van der Waals surface area contributed by atoms with E-state index in [4.69, 9.17) is 28.7 Å². The number of fused-ring (bicyclic) bond motifs is 2. The second-order valence-corrected chi connectivity index (χ2v) is 12.7. The van der Waals surface area contributed by atoms with Crippen LogP contribution in [-0.4, -0.2) is 86.1 Å². The lowest BCUT2D eigenvalue weighted by atomic mass is 9.94. The highest BCUT2D eigenvalue weighted by Gasteiger charge is 2.39. The van der Waals surface area contributed by atoms with Crippen molar-refractivity contribution in [3.05, 3.63) is 47.7 Å². The Bertz CT molecular complexity index is 1290. The first kappa shape index (κ1) is 32.2. The molecule has 0 radical (unpaired) electrons. The Morgan fingerprint density at radius 1 is 1.12 bits per heavy atom. The number of nitrogens with zero attached hydrogens (tertiary/aromatic N) is 3. The minimum Gasteiger partial charge on any atom is -0.491 e. The van der Waals surface area contributed by atoms with Gasteiger partial charge in [-0.05, 0) is 84.1 Å². The van der Waals surface area contributed by atoms with Gasteiger partial charge in [-0.25, -0.2) is 14.6 Å². The Morgan fingerprint density at radius 2 is 1.88 bits per heavy atom. The summed E-state index contributed by atoms with van der Waals surface area (Å²) in [7, 11) is 1.61. The molecule has 0 spiro atoms. The molecule has 1 aromatic carbocycles. The fourth-order valence-corrected chi connectivity index (χ4v) is 4.57. The van der Waals surface area contributed by atoms with Gasteiger partial charge in [0.25, 0.3) is 0 Å². The predicted octanol–water partition coefficient (Wildman–Crippen LogP) is 5.36. The number of ether oxygens (including phenoxy) is 5. The van der Waals surface area contributed by atoms with Crippen molar-refractivity contribution in [2.45, 2.75) is 78.0 Å². The van der Waals surface area contributed by atoms with Crippen molar-refractivity contribution in [3.8, 4) is 5.75 Å². The van der Waals surface area contributed by atoms with Crippen molar-refractivity contribution in [3.63, 3.8) is 0 Å². The van der Waals surface area contributed by atoms with Crippen LogP contribution in [0.1, 0.15) is 59.9 Å². The average molecular weight is 597 g/mol. The summed E-state index contributed by atoms with van der Waals surface area (Å²) < 4.78 is 27.6. The van der Waals surface area contributed by atoms with Gasteiger partial charge in [-0.3, -0.25) is 9.89 Å². The zero-order valence-corrected chi connectivity index (χ0v) is 26.2. The van der Waals surface area contributed by atoms with E-state index in [0.29, 0.717) is 31.2 Å². The number of alkyl carbamates (subject to hydrolysis) is 1. The number of allylic oxidation sites excluding steroid dienone is 3. The molecule has 2 amide bonds. The maximum atomic E-state index is 13.4. The van der Waals surface area contributed by atoms with Gasteiger partial charge in [0.15, 0.2) is 6.29 Å². The number of benzene rings is 1. The fraction of sp³-hybridized carbons (Fsp3) is 0.562. The van der Waals surface area contributed by atoms with E-state index in [2.05, 4.69) is 16.4 Å². The summed E-state index contributed by atoms with van der Waals surface area (Å²) >= 11 is 0. The third-order valence-corrected chi connectivity index (χ3v) is 6.60. The summed E-state index contributed by atoms with van der Waals surface area (Å²) in [6.07, 6.45) is 5.89. The van der Waals surface area contributed by atoms with Crippen LogP contribution < -0.4 is 10.1 Å². The number of amides is 2. The lowest BCUT2D eigenvalue weighted by Gasteiger charge is -2.27. The minimum atomic E-state index is -0.722. The van der Waals surface area contributed by atoms with Crippen LogP contribution in [0.15, 0.2) is 52.1 Å². The normalized spacial score (nSPS) is 21.7. The van der Waals surface area contributed by atoms with E-state index >= 15 is 0 Å². The Kier molecular flexibility index (Phi) is 10.3. The topological polar surface area (TPSA) is 124 Å². The first-order valence-corrected chi connectivity index (χ1v) is 14.7. The zero-order valence-electron chi connectivity index (χ0n) is 26.2. The Labute approximate surface area is 254 Å². The monoisotopic (exact) mass is 596 g/mol. The van der Waals surface area contributed by atoms with Gasteiger partial charge in [-0.15, -0.1) is 0 Å². The number of carbonyl (C=O) groups is 2. The molecular weight excluding hydrogens is 552 g/mol. The van der Waals surface area contributed by atoms with Crippen LogP contribution in [0.25, 0.3) is 5.57 Å². The van der Waals surface area contributed by atoms with Crippen molar-refractivity contribution in [1.82, 2.24) is 10.2 Å². The number of methoxy groups -OCH3 is 1. The lowest BCUT2D eigenvalue weighted by molar-refractivity contribution is 0.0357. The minimum absolute atomic E-state index is 0.0804. The number of amidine groups is 1. The van der Waals surface area contributed by atoms with E-state index in [1.54, 1.807) is 27.9 Å². The quantitative estimate of drug-likeness (QED) is 0.401. The van der Waals surface area contributed by atoms with Crippen LogP contribution in [0.2, 0.25) is 0 Å². The highest BCUT2D eigenvalue weighted by Crippen LogP contribution is 2.32. The van der Waals surface area contributed by atoms with E-state index in [9.17, 15) is 9.59 Å². The van der Waals surface area contributed by atoms with E-state index < -0.39 is 23.4 Å². The number of aliphatic imine (C=N–C) groups is 2. The van der Waals surface area contributed by atoms with Crippen LogP contribution in [-0.2, 0) is 18.9 Å². The summed E-state index contributed by atoms with van der Waals surface area (Å²) in [6, 6.07) is 7.78. The fourth-order valence-electron chi connectivity index (χ4n) is 4.57. The third kappa shape index (κ3) is 9.93. The van der Waals surface area contributed by atoms with Gasteiger partial charge >= 0.3 is 12.2 Å². The second-order valence-electron chi connectivity index (χ2n) is 12.7. The second kappa shape index (κ2) is 13.7. The third-order valence-electron chi connectivity index (χ3n) is 6.60. The molecule has 1 aromatic rings. The Balaban J connectivity index is 1.63. The maximum absolute atomic E-state index is 13.4.